The third-order valence-electron chi connectivity index (χ3n) is 11.3. The largest absolute Gasteiger partial charge is 0.481 e. The van der Waals surface area contributed by atoms with E-state index in [-0.39, 0.29) is 81.8 Å². The highest BCUT2D eigenvalue weighted by Crippen LogP contribution is 2.32. The Morgan fingerprint density at radius 3 is 1.48 bits per heavy atom. The lowest BCUT2D eigenvalue weighted by Gasteiger charge is -2.28. The Kier molecular flexibility index (Phi) is 36.6. The number of amides is 3. The van der Waals surface area contributed by atoms with Crippen LogP contribution in [0, 0.1) is 11.8 Å². The van der Waals surface area contributed by atoms with E-state index in [1.165, 1.54) is 77.6 Å². The molecule has 0 radical (unpaired) electrons. The number of aliphatic carboxylic acids is 2. The molecule has 63 heavy (non-hydrogen) atoms. The number of ether oxygens (including phenoxy) is 4. The average Bonchev–Trinajstić information content (AvgIpc) is 3.25. The quantitative estimate of drug-likeness (QED) is 0.0413. The first kappa shape index (κ1) is 57.5. The molecule has 1 rings (SSSR count). The van der Waals surface area contributed by atoms with Crippen molar-refractivity contribution in [3.63, 3.8) is 0 Å². The van der Waals surface area contributed by atoms with Gasteiger partial charge in [-0.15, -0.1) is 0 Å². The van der Waals surface area contributed by atoms with Gasteiger partial charge in [-0.05, 0) is 64.2 Å². The lowest BCUT2D eigenvalue weighted by atomic mass is 9.79. The molecule has 1 aliphatic carbocycles. The van der Waals surface area contributed by atoms with Gasteiger partial charge < -0.3 is 45.1 Å². The molecule has 5 N–H and O–H groups in total. The number of rotatable bonds is 44. The number of carbonyl (C=O) groups excluding carboxylic acids is 5. The molecule has 0 aromatic carbocycles. The van der Waals surface area contributed by atoms with E-state index in [2.05, 4.69) is 16.0 Å². The van der Waals surface area contributed by atoms with Crippen LogP contribution < -0.4 is 16.0 Å². The van der Waals surface area contributed by atoms with Crippen LogP contribution in [0.2, 0.25) is 0 Å². The highest BCUT2D eigenvalue weighted by molar-refractivity contribution is 5.85. The monoisotopic (exact) mass is 898 g/mol. The first-order chi connectivity index (χ1) is 30.5. The van der Waals surface area contributed by atoms with E-state index in [0.717, 1.165) is 51.4 Å². The number of unbranched alkanes of at least 4 members (excludes halogenated alkanes) is 15. The second-order valence-electron chi connectivity index (χ2n) is 17.0. The van der Waals surface area contributed by atoms with Crippen molar-refractivity contribution in [2.45, 2.75) is 180 Å². The third kappa shape index (κ3) is 36.6. The van der Waals surface area contributed by atoms with Crippen molar-refractivity contribution in [2.75, 3.05) is 65.9 Å². The Bertz CT molecular complexity index is 1260. The minimum Gasteiger partial charge on any atom is -0.481 e. The molecule has 0 aromatic rings. The standard InChI is InChI=1S/C47H83N3O13/c1-38(51)36-62-34-32-61-31-29-49-44(54)37-63-35-33-60-30-28-48-43(53)27-26-42(47(58)59)50-46(57)40-23-20-39(21-24-40)22-25-41(52)18-16-14-12-10-8-6-4-2-3-5-7-9-11-13-15-17-19-45(55)56/h39-40,42H,2-37H2,1H3,(H,48,53)(H,49,54)(H,50,57)(H,55,56)(H,58,59)/t39?,40?,42-/m0/s1. The topological polar surface area (TPSA) is 233 Å². The van der Waals surface area contributed by atoms with Crippen LogP contribution in [0.3, 0.4) is 0 Å². The van der Waals surface area contributed by atoms with E-state index in [9.17, 15) is 38.7 Å². The molecular formula is C47H83N3O13. The molecule has 1 saturated carbocycles. The highest BCUT2D eigenvalue weighted by atomic mass is 16.5. The molecule has 0 aromatic heterocycles. The molecule has 0 spiro atoms. The third-order valence-corrected chi connectivity index (χ3v) is 11.3. The summed E-state index contributed by atoms with van der Waals surface area (Å²) < 4.78 is 21.0. The molecule has 1 atom stereocenters. The summed E-state index contributed by atoms with van der Waals surface area (Å²) in [5.74, 6) is -2.43. The van der Waals surface area contributed by atoms with Crippen LogP contribution in [0.25, 0.3) is 0 Å². The predicted molar refractivity (Wildman–Crippen MR) is 239 cm³/mol. The molecule has 0 aliphatic heterocycles. The van der Waals surface area contributed by atoms with Crippen LogP contribution in [-0.2, 0) is 52.5 Å². The molecular weight excluding hydrogens is 815 g/mol. The molecule has 0 saturated heterocycles. The van der Waals surface area contributed by atoms with Crippen LogP contribution in [0.15, 0.2) is 0 Å². The maximum atomic E-state index is 12.9. The number of nitrogens with one attached hydrogen (secondary N) is 3. The van der Waals surface area contributed by atoms with Gasteiger partial charge in [0, 0.05) is 44.7 Å². The summed E-state index contributed by atoms with van der Waals surface area (Å²) in [6.45, 7) is 3.40. The van der Waals surface area contributed by atoms with Crippen molar-refractivity contribution in [3.05, 3.63) is 0 Å². The fourth-order valence-electron chi connectivity index (χ4n) is 7.58. The summed E-state index contributed by atoms with van der Waals surface area (Å²) in [6, 6.07) is -1.16. The first-order valence-corrected chi connectivity index (χ1v) is 24.1. The molecule has 16 nitrogen and oxygen atoms in total. The summed E-state index contributed by atoms with van der Waals surface area (Å²) in [4.78, 5) is 82.8. The Labute approximate surface area is 376 Å². The lowest BCUT2D eigenvalue weighted by molar-refractivity contribution is -0.143. The number of carbonyl (C=O) groups is 7. The Morgan fingerprint density at radius 1 is 0.524 bits per heavy atom. The minimum atomic E-state index is -1.18. The van der Waals surface area contributed by atoms with Crippen molar-refractivity contribution >= 4 is 41.2 Å². The maximum absolute atomic E-state index is 12.9. The molecule has 1 fully saturated rings. The zero-order valence-corrected chi connectivity index (χ0v) is 38.6. The highest BCUT2D eigenvalue weighted by Gasteiger charge is 2.29. The van der Waals surface area contributed by atoms with E-state index >= 15 is 0 Å². The molecule has 3 amide bonds. The molecule has 364 valence electrons. The van der Waals surface area contributed by atoms with Gasteiger partial charge in [0.15, 0.2) is 5.78 Å². The van der Waals surface area contributed by atoms with Gasteiger partial charge in [0.1, 0.15) is 25.0 Å². The number of hydrogen-bond acceptors (Lipinski definition) is 11. The van der Waals surface area contributed by atoms with Gasteiger partial charge in [-0.2, -0.15) is 0 Å². The molecule has 1 aliphatic rings. The Hall–Kier alpha value is -3.47. The van der Waals surface area contributed by atoms with Gasteiger partial charge in [0.2, 0.25) is 17.7 Å². The Morgan fingerprint density at radius 2 is 0.984 bits per heavy atom. The summed E-state index contributed by atoms with van der Waals surface area (Å²) >= 11 is 0. The summed E-state index contributed by atoms with van der Waals surface area (Å²) in [7, 11) is 0. The van der Waals surface area contributed by atoms with Gasteiger partial charge in [-0.25, -0.2) is 4.79 Å². The van der Waals surface area contributed by atoms with Gasteiger partial charge in [-0.3, -0.25) is 28.8 Å². The van der Waals surface area contributed by atoms with Gasteiger partial charge in [0.25, 0.3) is 0 Å². The molecule has 16 heteroatoms. The normalized spacial score (nSPS) is 15.4. The second-order valence-corrected chi connectivity index (χ2v) is 17.0. The number of carboxylic acid groups (broad SMARTS) is 2. The van der Waals surface area contributed by atoms with Crippen LogP contribution >= 0.6 is 0 Å². The molecule has 0 heterocycles. The maximum Gasteiger partial charge on any atom is 0.326 e. The van der Waals surface area contributed by atoms with Gasteiger partial charge in [0.05, 0.1) is 39.6 Å². The zero-order chi connectivity index (χ0) is 46.2. The van der Waals surface area contributed by atoms with Crippen LogP contribution in [0.5, 0.6) is 0 Å². The zero-order valence-electron chi connectivity index (χ0n) is 38.6. The van der Waals surface area contributed by atoms with Crippen LogP contribution in [-0.4, -0.2) is 123 Å². The van der Waals surface area contributed by atoms with E-state index in [0.29, 0.717) is 70.2 Å². The lowest BCUT2D eigenvalue weighted by Crippen LogP contribution is -2.45. The predicted octanol–water partition coefficient (Wildman–Crippen LogP) is 6.49. The van der Waals surface area contributed by atoms with E-state index in [1.807, 2.05) is 0 Å². The van der Waals surface area contributed by atoms with Crippen molar-refractivity contribution in [1.82, 2.24) is 16.0 Å². The molecule has 0 bridgehead atoms. The summed E-state index contributed by atoms with van der Waals surface area (Å²) in [6.07, 6.45) is 24.3. The number of Topliss-reactive ketones (excluding diaryl/α,β-unsaturated/α-hetero) is 2. The smallest absolute Gasteiger partial charge is 0.326 e. The van der Waals surface area contributed by atoms with E-state index in [1.54, 1.807) is 0 Å². The number of ketones is 2. The Balaban J connectivity index is 2.00. The average molecular weight is 898 g/mol. The van der Waals surface area contributed by atoms with E-state index in [4.69, 9.17) is 24.1 Å². The van der Waals surface area contributed by atoms with Crippen molar-refractivity contribution < 1.29 is 62.7 Å². The van der Waals surface area contributed by atoms with Crippen molar-refractivity contribution in [3.8, 4) is 0 Å². The van der Waals surface area contributed by atoms with Gasteiger partial charge >= 0.3 is 11.9 Å². The van der Waals surface area contributed by atoms with E-state index < -0.39 is 18.0 Å². The fraction of sp³-hybridized carbons (Fsp3) is 0.851. The summed E-state index contributed by atoms with van der Waals surface area (Å²) in [5.41, 5.74) is 0. The second kappa shape index (κ2) is 40.1. The SMILES string of the molecule is CC(=O)COCCOCCNC(=O)COCCOCCNC(=O)CC[C@H](NC(=O)C1CCC(CCC(=O)CCCCCCCCCCCCCCCCCCC(=O)O)CC1)C(=O)O. The first-order valence-electron chi connectivity index (χ1n) is 24.1. The van der Waals surface area contributed by atoms with Crippen molar-refractivity contribution in [2.24, 2.45) is 11.8 Å². The minimum absolute atomic E-state index is 0.0356. The number of carboxylic acids is 2. The fourth-order valence-corrected chi connectivity index (χ4v) is 7.58. The van der Waals surface area contributed by atoms with Crippen molar-refractivity contribution in [1.29, 1.82) is 0 Å². The van der Waals surface area contributed by atoms with Gasteiger partial charge in [-0.1, -0.05) is 89.9 Å². The van der Waals surface area contributed by atoms with Crippen LogP contribution in [0.4, 0.5) is 0 Å². The molecule has 0 unspecified atom stereocenters. The number of hydrogen-bond donors (Lipinski definition) is 5. The van der Waals surface area contributed by atoms with Crippen LogP contribution in [0.1, 0.15) is 174 Å². The summed E-state index contributed by atoms with van der Waals surface area (Å²) in [5, 5.41) is 26.3.